The predicted molar refractivity (Wildman–Crippen MR) is 107 cm³/mol. The molecular weight excluding hydrogens is 418 g/mol. The first-order valence-corrected chi connectivity index (χ1v) is 9.77. The number of halogens is 3. The largest absolute Gasteiger partial charge is 0.336 e. The van der Waals surface area contributed by atoms with Gasteiger partial charge < -0.3 is 4.90 Å². The third-order valence-corrected chi connectivity index (χ3v) is 5.34. The Hall–Kier alpha value is -2.55. The molecule has 0 bridgehead atoms. The number of hydrogen-bond donors (Lipinski definition) is 0. The van der Waals surface area contributed by atoms with E-state index in [1.54, 1.807) is 39.9 Å². The normalized spacial score (nSPS) is 14.9. The van der Waals surface area contributed by atoms with Gasteiger partial charge in [-0.2, -0.15) is 4.68 Å². The summed E-state index contributed by atoms with van der Waals surface area (Å²) in [6.45, 7) is 3.00. The van der Waals surface area contributed by atoms with Gasteiger partial charge in [0.1, 0.15) is 5.82 Å². The minimum atomic E-state index is -0.315. The van der Waals surface area contributed by atoms with E-state index in [2.05, 4.69) is 20.4 Å². The summed E-state index contributed by atoms with van der Waals surface area (Å²) in [6.07, 6.45) is 0. The van der Waals surface area contributed by atoms with Crippen LogP contribution in [-0.2, 0) is 6.54 Å². The lowest BCUT2D eigenvalue weighted by atomic mass is 10.1. The summed E-state index contributed by atoms with van der Waals surface area (Å²) in [5.74, 6) is 0.226. The molecule has 1 saturated heterocycles. The molecule has 0 spiro atoms. The Morgan fingerprint density at radius 2 is 1.76 bits per heavy atom. The minimum Gasteiger partial charge on any atom is -0.336 e. The summed E-state index contributed by atoms with van der Waals surface area (Å²) in [6, 6.07) is 10.9. The first kappa shape index (κ1) is 19.8. The SMILES string of the molecule is O=C(c1ccc(Cl)cc1Cl)N1CCN(Cc2nnnn2-c2ccc(F)cc2)CC1. The van der Waals surface area contributed by atoms with E-state index in [9.17, 15) is 9.18 Å². The molecule has 2 heterocycles. The summed E-state index contributed by atoms with van der Waals surface area (Å²) in [4.78, 5) is 16.7. The second kappa shape index (κ2) is 8.44. The van der Waals surface area contributed by atoms with E-state index in [0.717, 1.165) is 0 Å². The van der Waals surface area contributed by atoms with Crippen molar-refractivity contribution < 1.29 is 9.18 Å². The minimum absolute atomic E-state index is 0.109. The zero-order valence-corrected chi connectivity index (χ0v) is 16.8. The molecule has 4 rings (SSSR count). The van der Waals surface area contributed by atoms with Crippen LogP contribution in [0.3, 0.4) is 0 Å². The Balaban J connectivity index is 1.39. The molecule has 7 nitrogen and oxygen atoms in total. The molecule has 0 N–H and O–H groups in total. The monoisotopic (exact) mass is 434 g/mol. The molecule has 10 heteroatoms. The van der Waals surface area contributed by atoms with Crippen molar-refractivity contribution in [2.75, 3.05) is 26.2 Å². The van der Waals surface area contributed by atoms with Crippen LogP contribution in [0.15, 0.2) is 42.5 Å². The molecule has 1 aromatic heterocycles. The summed E-state index contributed by atoms with van der Waals surface area (Å²) in [5, 5.41) is 12.7. The Morgan fingerprint density at radius 3 is 2.45 bits per heavy atom. The average molecular weight is 435 g/mol. The smallest absolute Gasteiger partial charge is 0.255 e. The fraction of sp³-hybridized carbons (Fsp3) is 0.263. The fourth-order valence-corrected chi connectivity index (χ4v) is 3.72. The fourth-order valence-electron chi connectivity index (χ4n) is 3.23. The number of rotatable bonds is 4. The number of carbonyl (C=O) groups is 1. The van der Waals surface area contributed by atoms with E-state index in [1.807, 2.05) is 0 Å². The van der Waals surface area contributed by atoms with Crippen molar-refractivity contribution in [1.82, 2.24) is 30.0 Å². The van der Waals surface area contributed by atoms with Crippen molar-refractivity contribution in [3.63, 3.8) is 0 Å². The lowest BCUT2D eigenvalue weighted by Gasteiger charge is -2.34. The molecule has 29 heavy (non-hydrogen) atoms. The molecule has 0 aliphatic carbocycles. The van der Waals surface area contributed by atoms with Crippen molar-refractivity contribution in [1.29, 1.82) is 0 Å². The number of tetrazole rings is 1. The number of nitrogens with zero attached hydrogens (tertiary/aromatic N) is 6. The zero-order chi connectivity index (χ0) is 20.4. The number of carbonyl (C=O) groups excluding carboxylic acids is 1. The summed E-state index contributed by atoms with van der Waals surface area (Å²) in [7, 11) is 0. The highest BCUT2D eigenvalue weighted by molar-refractivity contribution is 6.36. The predicted octanol–water partition coefficient (Wildman–Crippen LogP) is 3.07. The van der Waals surface area contributed by atoms with Gasteiger partial charge in [-0.1, -0.05) is 23.2 Å². The van der Waals surface area contributed by atoms with Crippen molar-refractivity contribution in [3.8, 4) is 5.69 Å². The summed E-state index contributed by atoms with van der Waals surface area (Å²) in [5.41, 5.74) is 1.14. The molecule has 0 radical (unpaired) electrons. The Bertz CT molecular complexity index is 1020. The third kappa shape index (κ3) is 4.39. The van der Waals surface area contributed by atoms with Crippen LogP contribution in [0.25, 0.3) is 5.69 Å². The van der Waals surface area contributed by atoms with E-state index in [1.165, 1.54) is 12.1 Å². The van der Waals surface area contributed by atoms with Crippen LogP contribution >= 0.6 is 23.2 Å². The second-order valence-electron chi connectivity index (χ2n) is 6.68. The first-order chi connectivity index (χ1) is 14.0. The van der Waals surface area contributed by atoms with E-state index >= 15 is 0 Å². The van der Waals surface area contributed by atoms with E-state index in [0.29, 0.717) is 59.8 Å². The van der Waals surface area contributed by atoms with Gasteiger partial charge in [0.2, 0.25) is 0 Å². The third-order valence-electron chi connectivity index (χ3n) is 4.79. The lowest BCUT2D eigenvalue weighted by molar-refractivity contribution is 0.0624. The molecule has 3 aromatic rings. The maximum Gasteiger partial charge on any atom is 0.255 e. The highest BCUT2D eigenvalue weighted by Gasteiger charge is 2.25. The Labute approximate surface area is 176 Å². The van der Waals surface area contributed by atoms with Gasteiger partial charge in [-0.05, 0) is 52.9 Å². The number of hydrogen-bond acceptors (Lipinski definition) is 5. The highest BCUT2D eigenvalue weighted by Crippen LogP contribution is 2.23. The molecule has 0 atom stereocenters. The van der Waals surface area contributed by atoms with Crippen molar-refractivity contribution in [2.24, 2.45) is 0 Å². The van der Waals surface area contributed by atoms with E-state index in [-0.39, 0.29) is 11.7 Å². The van der Waals surface area contributed by atoms with Gasteiger partial charge in [0.25, 0.3) is 5.91 Å². The standard InChI is InChI=1S/C19H17Cl2FN6O/c20-13-1-6-16(17(21)11-13)19(29)27-9-7-26(8-10-27)12-18-23-24-25-28(18)15-4-2-14(22)3-5-15/h1-6,11H,7-10,12H2. The van der Waals surface area contributed by atoms with Crippen LogP contribution in [0.4, 0.5) is 4.39 Å². The average Bonchev–Trinajstić information content (AvgIpc) is 3.17. The Kier molecular flexibility index (Phi) is 5.75. The topological polar surface area (TPSA) is 67.2 Å². The van der Waals surface area contributed by atoms with Crippen LogP contribution in [0.2, 0.25) is 10.0 Å². The molecule has 2 aromatic carbocycles. The van der Waals surface area contributed by atoms with Crippen molar-refractivity contribution in [2.45, 2.75) is 6.54 Å². The number of benzene rings is 2. The molecule has 1 aliphatic rings. The second-order valence-corrected chi connectivity index (χ2v) is 7.52. The van der Waals surface area contributed by atoms with Gasteiger partial charge in [-0.25, -0.2) is 4.39 Å². The molecule has 1 aliphatic heterocycles. The molecular formula is C19H17Cl2FN6O. The molecule has 0 saturated carbocycles. The maximum atomic E-state index is 13.2. The molecule has 150 valence electrons. The maximum absolute atomic E-state index is 13.2. The van der Waals surface area contributed by atoms with Gasteiger partial charge in [-0.3, -0.25) is 9.69 Å². The van der Waals surface area contributed by atoms with Crippen LogP contribution in [0, 0.1) is 5.82 Å². The quantitative estimate of drug-likeness (QED) is 0.630. The molecule has 0 unspecified atom stereocenters. The van der Waals surface area contributed by atoms with Gasteiger partial charge in [0, 0.05) is 31.2 Å². The Morgan fingerprint density at radius 1 is 1.03 bits per heavy atom. The van der Waals surface area contributed by atoms with E-state index < -0.39 is 0 Å². The highest BCUT2D eigenvalue weighted by atomic mass is 35.5. The lowest BCUT2D eigenvalue weighted by Crippen LogP contribution is -2.48. The van der Waals surface area contributed by atoms with Gasteiger partial charge in [0.15, 0.2) is 5.82 Å². The zero-order valence-electron chi connectivity index (χ0n) is 15.3. The van der Waals surface area contributed by atoms with Crippen LogP contribution < -0.4 is 0 Å². The number of piperazine rings is 1. The van der Waals surface area contributed by atoms with Crippen LogP contribution in [0.5, 0.6) is 0 Å². The van der Waals surface area contributed by atoms with Crippen molar-refractivity contribution in [3.05, 3.63) is 69.7 Å². The molecule has 1 amide bonds. The number of amides is 1. The van der Waals surface area contributed by atoms with E-state index in [4.69, 9.17) is 23.2 Å². The van der Waals surface area contributed by atoms with Crippen molar-refractivity contribution >= 4 is 29.1 Å². The van der Waals surface area contributed by atoms with Crippen LogP contribution in [0.1, 0.15) is 16.2 Å². The van der Waals surface area contributed by atoms with Gasteiger partial charge in [0.05, 0.1) is 22.8 Å². The van der Waals surface area contributed by atoms with Gasteiger partial charge in [-0.15, -0.1) is 5.10 Å². The summed E-state index contributed by atoms with van der Waals surface area (Å²) < 4.78 is 14.7. The van der Waals surface area contributed by atoms with Gasteiger partial charge >= 0.3 is 0 Å². The summed E-state index contributed by atoms with van der Waals surface area (Å²) >= 11 is 12.1. The number of aromatic nitrogens is 4. The first-order valence-electron chi connectivity index (χ1n) is 9.01. The molecule has 1 fully saturated rings. The van der Waals surface area contributed by atoms with Crippen LogP contribution in [-0.4, -0.2) is 62.1 Å².